The molecule has 128 valence electrons. The van der Waals surface area contributed by atoms with Crippen LogP contribution in [0.4, 0.5) is 11.4 Å². The summed E-state index contributed by atoms with van der Waals surface area (Å²) in [5.74, 6) is -0.0195. The molecule has 0 saturated heterocycles. The van der Waals surface area contributed by atoms with Crippen molar-refractivity contribution in [2.45, 2.75) is 20.8 Å². The number of H-pyrrole nitrogens is 1. The molecular formula is C18H17BrN4O2. The smallest absolute Gasteiger partial charge is 0.299 e. The molecule has 6 nitrogen and oxygen atoms in total. The number of aromatic hydroxyl groups is 1. The van der Waals surface area contributed by atoms with Crippen molar-refractivity contribution in [3.8, 4) is 11.4 Å². The molecule has 25 heavy (non-hydrogen) atoms. The Morgan fingerprint density at radius 3 is 2.56 bits per heavy atom. The van der Waals surface area contributed by atoms with Crippen molar-refractivity contribution >= 4 is 27.3 Å². The lowest BCUT2D eigenvalue weighted by atomic mass is 10.1. The van der Waals surface area contributed by atoms with Crippen molar-refractivity contribution in [2.75, 3.05) is 0 Å². The minimum Gasteiger partial charge on any atom is -0.505 e. The lowest BCUT2D eigenvalue weighted by Gasteiger charge is -2.05. The van der Waals surface area contributed by atoms with E-state index in [0.717, 1.165) is 16.8 Å². The molecule has 0 bridgehead atoms. The average Bonchev–Trinajstić information content (AvgIpc) is 2.86. The number of phenolic OH excluding ortho intramolecular Hbond substituents is 1. The summed E-state index contributed by atoms with van der Waals surface area (Å²) in [7, 11) is 0. The summed E-state index contributed by atoms with van der Waals surface area (Å²) in [5.41, 5.74) is 3.79. The van der Waals surface area contributed by atoms with E-state index in [1.54, 1.807) is 25.1 Å². The zero-order chi connectivity index (χ0) is 18.1. The minimum absolute atomic E-state index is 0.0195. The van der Waals surface area contributed by atoms with Gasteiger partial charge in [-0.05, 0) is 72.1 Å². The molecule has 0 radical (unpaired) electrons. The van der Waals surface area contributed by atoms with Gasteiger partial charge in [-0.2, -0.15) is 0 Å². The zero-order valence-corrected chi connectivity index (χ0v) is 15.6. The van der Waals surface area contributed by atoms with Crippen molar-refractivity contribution in [3.63, 3.8) is 0 Å². The Labute approximate surface area is 153 Å². The quantitative estimate of drug-likeness (QED) is 0.607. The lowest BCUT2D eigenvalue weighted by molar-refractivity contribution is 0.473. The number of hydrogen-bond acceptors (Lipinski definition) is 4. The molecule has 0 aliphatic rings. The zero-order valence-electron chi connectivity index (χ0n) is 14.0. The van der Waals surface area contributed by atoms with Gasteiger partial charge in [0.15, 0.2) is 11.4 Å². The average molecular weight is 401 g/mol. The topological polar surface area (TPSA) is 82.7 Å². The molecule has 0 aliphatic heterocycles. The Hall–Kier alpha value is -2.67. The fourth-order valence-corrected chi connectivity index (χ4v) is 2.75. The highest BCUT2D eigenvalue weighted by Gasteiger charge is 2.13. The van der Waals surface area contributed by atoms with E-state index in [4.69, 9.17) is 0 Å². The summed E-state index contributed by atoms with van der Waals surface area (Å²) in [5, 5.41) is 21.0. The van der Waals surface area contributed by atoms with Crippen LogP contribution in [0.1, 0.15) is 16.8 Å². The Morgan fingerprint density at radius 1 is 1.08 bits per heavy atom. The highest BCUT2D eigenvalue weighted by atomic mass is 79.9. The second-order valence-electron chi connectivity index (χ2n) is 5.80. The minimum atomic E-state index is -0.293. The van der Waals surface area contributed by atoms with Gasteiger partial charge in [-0.1, -0.05) is 12.1 Å². The third kappa shape index (κ3) is 3.28. The van der Waals surface area contributed by atoms with Crippen LogP contribution in [0.15, 0.2) is 55.9 Å². The molecule has 0 aliphatic carbocycles. The Morgan fingerprint density at radius 2 is 1.84 bits per heavy atom. The number of para-hydroxylation sites is 1. The monoisotopic (exact) mass is 400 g/mol. The Balaban J connectivity index is 2.03. The number of benzene rings is 2. The van der Waals surface area contributed by atoms with Gasteiger partial charge in [0, 0.05) is 0 Å². The van der Waals surface area contributed by atoms with E-state index in [9.17, 15) is 9.90 Å². The van der Waals surface area contributed by atoms with Crippen LogP contribution in [0.5, 0.6) is 5.75 Å². The molecule has 0 unspecified atom stereocenters. The summed E-state index contributed by atoms with van der Waals surface area (Å²) in [6, 6.07) is 10.8. The van der Waals surface area contributed by atoms with Crippen LogP contribution in [0.25, 0.3) is 5.69 Å². The molecule has 7 heteroatoms. The molecule has 1 aromatic heterocycles. The number of phenols is 1. The molecule has 1 heterocycles. The van der Waals surface area contributed by atoms with Crippen LogP contribution in [0.2, 0.25) is 0 Å². The molecule has 0 fully saturated rings. The van der Waals surface area contributed by atoms with Crippen LogP contribution >= 0.6 is 15.9 Å². The number of nitrogens with zero attached hydrogens (tertiary/aromatic N) is 3. The van der Waals surface area contributed by atoms with Gasteiger partial charge in [0.25, 0.3) is 5.56 Å². The standard InChI is InChI=1S/C18H17BrN4O2/c1-10-7-8-13(9-11(10)2)23-18(25)16(12(3)22-23)21-20-15-6-4-5-14(19)17(15)24/h4-9,22,24H,1-3H3. The van der Waals surface area contributed by atoms with Crippen molar-refractivity contribution in [3.05, 3.63) is 68.0 Å². The van der Waals surface area contributed by atoms with Gasteiger partial charge in [-0.25, -0.2) is 4.68 Å². The molecule has 0 amide bonds. The van der Waals surface area contributed by atoms with Gasteiger partial charge >= 0.3 is 0 Å². The van der Waals surface area contributed by atoms with E-state index in [-0.39, 0.29) is 22.7 Å². The number of hydrogen-bond donors (Lipinski definition) is 2. The van der Waals surface area contributed by atoms with E-state index >= 15 is 0 Å². The molecule has 0 spiro atoms. The first kappa shape index (κ1) is 17.2. The predicted octanol–water partition coefficient (Wildman–Crippen LogP) is 4.97. The number of azo groups is 1. The molecule has 3 rings (SSSR count). The lowest BCUT2D eigenvalue weighted by Crippen LogP contribution is -2.14. The van der Waals surface area contributed by atoms with E-state index in [0.29, 0.717) is 10.2 Å². The highest BCUT2D eigenvalue weighted by molar-refractivity contribution is 9.10. The van der Waals surface area contributed by atoms with Crippen LogP contribution < -0.4 is 5.56 Å². The molecule has 0 atom stereocenters. The largest absolute Gasteiger partial charge is 0.505 e. The summed E-state index contributed by atoms with van der Waals surface area (Å²) in [6.45, 7) is 5.77. The van der Waals surface area contributed by atoms with Gasteiger partial charge < -0.3 is 5.11 Å². The van der Waals surface area contributed by atoms with Crippen LogP contribution in [0, 0.1) is 20.8 Å². The van der Waals surface area contributed by atoms with Gasteiger partial charge in [0.1, 0.15) is 5.69 Å². The van der Waals surface area contributed by atoms with E-state index in [2.05, 4.69) is 31.3 Å². The maximum absolute atomic E-state index is 12.7. The first-order valence-electron chi connectivity index (χ1n) is 7.67. The van der Waals surface area contributed by atoms with Gasteiger partial charge in [0.2, 0.25) is 0 Å². The predicted molar refractivity (Wildman–Crippen MR) is 101 cm³/mol. The summed E-state index contributed by atoms with van der Waals surface area (Å²) >= 11 is 3.22. The molecule has 2 N–H and O–H groups in total. The van der Waals surface area contributed by atoms with Gasteiger partial charge in [-0.3, -0.25) is 9.89 Å². The van der Waals surface area contributed by atoms with Gasteiger partial charge in [-0.15, -0.1) is 10.2 Å². The third-order valence-corrected chi connectivity index (χ3v) is 4.65. The van der Waals surface area contributed by atoms with E-state index < -0.39 is 0 Å². The normalized spacial score (nSPS) is 11.4. The maximum Gasteiger partial charge on any atom is 0.299 e. The van der Waals surface area contributed by atoms with Crippen molar-refractivity contribution < 1.29 is 5.11 Å². The molecular weight excluding hydrogens is 384 g/mol. The second kappa shape index (κ2) is 6.68. The Kier molecular flexibility index (Phi) is 4.59. The van der Waals surface area contributed by atoms with Gasteiger partial charge in [0.05, 0.1) is 15.9 Å². The SMILES string of the molecule is Cc1ccc(-n2[nH]c(C)c(N=Nc3cccc(Br)c3O)c2=O)cc1C. The first-order valence-corrected chi connectivity index (χ1v) is 8.46. The molecule has 3 aromatic rings. The summed E-state index contributed by atoms with van der Waals surface area (Å²) < 4.78 is 1.96. The van der Waals surface area contributed by atoms with Crippen molar-refractivity contribution in [1.82, 2.24) is 9.78 Å². The number of aromatic amines is 1. The van der Waals surface area contributed by atoms with Crippen LogP contribution in [0.3, 0.4) is 0 Å². The fourth-order valence-electron chi connectivity index (χ4n) is 2.39. The number of halogens is 1. The third-order valence-electron chi connectivity index (χ3n) is 4.01. The summed E-state index contributed by atoms with van der Waals surface area (Å²) in [6.07, 6.45) is 0. The fraction of sp³-hybridized carbons (Fsp3) is 0.167. The molecule has 0 saturated carbocycles. The number of aryl methyl sites for hydroxylation is 3. The van der Waals surface area contributed by atoms with E-state index in [1.807, 2.05) is 32.0 Å². The van der Waals surface area contributed by atoms with E-state index in [1.165, 1.54) is 4.68 Å². The second-order valence-corrected chi connectivity index (χ2v) is 6.66. The number of nitrogens with one attached hydrogen (secondary N) is 1. The van der Waals surface area contributed by atoms with Crippen molar-refractivity contribution in [1.29, 1.82) is 0 Å². The highest BCUT2D eigenvalue weighted by Crippen LogP contribution is 2.34. The van der Waals surface area contributed by atoms with Crippen molar-refractivity contribution in [2.24, 2.45) is 10.2 Å². The van der Waals surface area contributed by atoms with Crippen LogP contribution in [-0.2, 0) is 0 Å². The molecule has 2 aromatic carbocycles. The first-order chi connectivity index (χ1) is 11.9. The Bertz CT molecular complexity index is 1030. The summed E-state index contributed by atoms with van der Waals surface area (Å²) in [4.78, 5) is 12.7. The van der Waals surface area contributed by atoms with Crippen LogP contribution in [-0.4, -0.2) is 14.9 Å². The number of aromatic nitrogens is 2. The number of rotatable bonds is 3. The maximum atomic E-state index is 12.7.